The molecule has 0 radical (unpaired) electrons. The second-order valence-corrected chi connectivity index (χ2v) is 13.8. The number of likely N-dealkylation sites (N-methyl/N-ethyl adjacent to an activating group) is 1. The normalized spacial score (nSPS) is 12.8. The van der Waals surface area contributed by atoms with Gasteiger partial charge in [-0.15, -0.1) is 0 Å². The standard InChI is InChI=1S/C43H53N9O3/c1-3-52(28-38(33-14-6-4-7-15-33)34-16-8-5-9-17-34)42(55)39(19-12-22-47-43(44)45)48-27-37(24-31-20-21-32-13-10-11-18-35(32)23-31)51-41(54)40(50-30(2)53)25-36-26-46-29-49-36/h4-11,13-18,20-21,23,26,29,37-40,48H,3,12,19,22,24-25,27-28H2,1-2H3,(H,46,49)(H,50,53)(H,51,54)(H4,44,45,47)/t37-,39-,40-/m0/s1. The summed E-state index contributed by atoms with van der Waals surface area (Å²) >= 11 is 0. The third-order valence-corrected chi connectivity index (χ3v) is 9.71. The van der Waals surface area contributed by atoms with E-state index in [4.69, 9.17) is 11.1 Å². The molecule has 0 aliphatic rings. The number of guanidine groups is 1. The Bertz CT molecular complexity index is 1930. The zero-order valence-corrected chi connectivity index (χ0v) is 31.6. The lowest BCUT2D eigenvalue weighted by molar-refractivity contribution is -0.133. The number of nitrogens with one attached hydrogen (secondary N) is 6. The molecule has 0 spiro atoms. The zero-order valence-electron chi connectivity index (χ0n) is 31.6. The Balaban J connectivity index is 1.39. The maximum Gasteiger partial charge on any atom is 0.243 e. The summed E-state index contributed by atoms with van der Waals surface area (Å²) in [7, 11) is 0. The summed E-state index contributed by atoms with van der Waals surface area (Å²) in [5.74, 6) is -0.867. The second-order valence-electron chi connectivity index (χ2n) is 13.8. The van der Waals surface area contributed by atoms with Crippen LogP contribution in [0.5, 0.6) is 0 Å². The van der Waals surface area contributed by atoms with Gasteiger partial charge in [0.2, 0.25) is 17.7 Å². The molecule has 288 valence electrons. The Morgan fingerprint density at radius 1 is 0.855 bits per heavy atom. The van der Waals surface area contributed by atoms with E-state index in [-0.39, 0.29) is 42.6 Å². The molecule has 0 unspecified atom stereocenters. The van der Waals surface area contributed by atoms with Crippen molar-refractivity contribution in [1.29, 1.82) is 5.41 Å². The first-order valence-corrected chi connectivity index (χ1v) is 18.9. The quantitative estimate of drug-likeness (QED) is 0.0354. The van der Waals surface area contributed by atoms with Crippen molar-refractivity contribution in [3.63, 3.8) is 0 Å². The maximum atomic E-state index is 14.6. The van der Waals surface area contributed by atoms with Crippen LogP contribution in [0.3, 0.4) is 0 Å². The molecule has 55 heavy (non-hydrogen) atoms. The summed E-state index contributed by atoms with van der Waals surface area (Å²) in [6.45, 7) is 5.08. The minimum Gasteiger partial charge on any atom is -0.370 e. The average Bonchev–Trinajstić information content (AvgIpc) is 3.71. The van der Waals surface area contributed by atoms with E-state index in [1.807, 2.05) is 60.4 Å². The summed E-state index contributed by atoms with van der Waals surface area (Å²) < 4.78 is 0. The van der Waals surface area contributed by atoms with Gasteiger partial charge in [0.05, 0.1) is 12.4 Å². The first-order chi connectivity index (χ1) is 26.7. The molecule has 4 aromatic carbocycles. The van der Waals surface area contributed by atoms with E-state index in [2.05, 4.69) is 85.8 Å². The monoisotopic (exact) mass is 743 g/mol. The van der Waals surface area contributed by atoms with Crippen LogP contribution >= 0.6 is 0 Å². The van der Waals surface area contributed by atoms with E-state index in [0.717, 1.165) is 27.5 Å². The van der Waals surface area contributed by atoms with Crippen LogP contribution in [0, 0.1) is 5.41 Å². The molecule has 0 saturated carbocycles. The van der Waals surface area contributed by atoms with Crippen LogP contribution in [0.4, 0.5) is 0 Å². The Kier molecular flexibility index (Phi) is 14.9. The number of H-pyrrole nitrogens is 1. The van der Waals surface area contributed by atoms with Crippen LogP contribution in [0.25, 0.3) is 10.8 Å². The molecule has 0 bridgehead atoms. The highest BCUT2D eigenvalue weighted by molar-refractivity contribution is 5.87. The van der Waals surface area contributed by atoms with E-state index in [1.165, 1.54) is 13.3 Å². The molecular formula is C43H53N9O3. The number of fused-ring (bicyclic) bond motifs is 1. The van der Waals surface area contributed by atoms with Crippen molar-refractivity contribution in [1.82, 2.24) is 36.1 Å². The van der Waals surface area contributed by atoms with Crippen molar-refractivity contribution in [3.05, 3.63) is 138 Å². The number of nitrogens with zero attached hydrogens (tertiary/aromatic N) is 2. The van der Waals surface area contributed by atoms with Gasteiger partial charge in [0.1, 0.15) is 6.04 Å². The second kappa shape index (κ2) is 20.4. The number of rotatable bonds is 20. The molecule has 5 rings (SSSR count). The van der Waals surface area contributed by atoms with Crippen LogP contribution in [-0.4, -0.2) is 82.9 Å². The van der Waals surface area contributed by atoms with Gasteiger partial charge in [-0.3, -0.25) is 19.8 Å². The van der Waals surface area contributed by atoms with Crippen molar-refractivity contribution in [2.45, 2.75) is 63.6 Å². The Hall–Kier alpha value is -6.01. The SMILES string of the molecule is CCN(CC(c1ccccc1)c1ccccc1)C(=O)[C@H](CCCNC(=N)N)NC[C@H](Cc1ccc2ccccc2c1)NC(=O)[C@H](Cc1cnc[nH]1)NC(C)=O. The molecule has 0 fully saturated rings. The molecule has 12 nitrogen and oxygen atoms in total. The van der Waals surface area contributed by atoms with Crippen molar-refractivity contribution in [2.75, 3.05) is 26.2 Å². The van der Waals surface area contributed by atoms with Crippen LogP contribution in [0.2, 0.25) is 0 Å². The lowest BCUT2D eigenvalue weighted by Crippen LogP contribution is -2.55. The Morgan fingerprint density at radius 2 is 1.53 bits per heavy atom. The fourth-order valence-corrected chi connectivity index (χ4v) is 6.91. The summed E-state index contributed by atoms with van der Waals surface area (Å²) in [4.78, 5) is 49.7. The lowest BCUT2D eigenvalue weighted by Gasteiger charge is -2.32. The largest absolute Gasteiger partial charge is 0.370 e. The van der Waals surface area contributed by atoms with E-state index in [0.29, 0.717) is 44.6 Å². The van der Waals surface area contributed by atoms with Gasteiger partial charge in [0.25, 0.3) is 0 Å². The molecule has 3 atom stereocenters. The van der Waals surface area contributed by atoms with Crippen LogP contribution in [0.1, 0.15) is 55.0 Å². The van der Waals surface area contributed by atoms with E-state index in [9.17, 15) is 14.4 Å². The number of carbonyl (C=O) groups excluding carboxylic acids is 3. The van der Waals surface area contributed by atoms with Gasteiger partial charge in [0.15, 0.2) is 5.96 Å². The fraction of sp³-hybridized carbons (Fsp3) is 0.326. The minimum atomic E-state index is -0.837. The molecule has 0 aliphatic carbocycles. The van der Waals surface area contributed by atoms with Crippen LogP contribution in [-0.2, 0) is 27.2 Å². The lowest BCUT2D eigenvalue weighted by atomic mass is 9.90. The van der Waals surface area contributed by atoms with E-state index in [1.54, 1.807) is 6.20 Å². The molecule has 1 aromatic heterocycles. The van der Waals surface area contributed by atoms with Gasteiger partial charge in [0, 0.05) is 63.4 Å². The minimum absolute atomic E-state index is 0.0353. The van der Waals surface area contributed by atoms with Crippen LogP contribution < -0.4 is 27.0 Å². The number of hydrogen-bond donors (Lipinski definition) is 7. The number of aromatic nitrogens is 2. The Morgan fingerprint density at radius 3 is 2.15 bits per heavy atom. The molecule has 8 N–H and O–H groups in total. The van der Waals surface area contributed by atoms with E-state index < -0.39 is 18.1 Å². The van der Waals surface area contributed by atoms with Crippen LogP contribution in [0.15, 0.2) is 116 Å². The van der Waals surface area contributed by atoms with E-state index >= 15 is 0 Å². The summed E-state index contributed by atoms with van der Waals surface area (Å²) in [6, 6.07) is 32.9. The zero-order chi connectivity index (χ0) is 39.0. The molecule has 1 heterocycles. The predicted molar refractivity (Wildman–Crippen MR) is 217 cm³/mol. The smallest absolute Gasteiger partial charge is 0.243 e. The van der Waals surface area contributed by atoms with Gasteiger partial charge in [-0.25, -0.2) is 4.98 Å². The number of imidazole rings is 1. The molecule has 0 aliphatic heterocycles. The van der Waals surface area contributed by atoms with Gasteiger partial charge >= 0.3 is 0 Å². The molecular weight excluding hydrogens is 691 g/mol. The topological polar surface area (TPSA) is 181 Å². The highest BCUT2D eigenvalue weighted by Crippen LogP contribution is 2.26. The Labute approximate surface area is 323 Å². The first kappa shape index (κ1) is 40.2. The van der Waals surface area contributed by atoms with Crippen molar-refractivity contribution in [3.8, 4) is 0 Å². The van der Waals surface area contributed by atoms with Gasteiger partial charge in [-0.05, 0) is 53.6 Å². The van der Waals surface area contributed by atoms with Gasteiger partial charge in [-0.2, -0.15) is 0 Å². The van der Waals surface area contributed by atoms with Crippen molar-refractivity contribution >= 4 is 34.5 Å². The maximum absolute atomic E-state index is 14.6. The fourth-order valence-electron chi connectivity index (χ4n) is 6.91. The molecule has 12 heteroatoms. The highest BCUT2D eigenvalue weighted by atomic mass is 16.2. The summed E-state index contributed by atoms with van der Waals surface area (Å²) in [5, 5.41) is 22.2. The number of nitrogens with two attached hydrogens (primary N) is 1. The first-order valence-electron chi connectivity index (χ1n) is 18.9. The molecule has 0 saturated heterocycles. The number of benzene rings is 4. The molecule has 3 amide bonds. The highest BCUT2D eigenvalue weighted by Gasteiger charge is 2.29. The predicted octanol–water partition coefficient (Wildman–Crippen LogP) is 4.24. The molecule has 5 aromatic rings. The number of carbonyl (C=O) groups is 3. The van der Waals surface area contributed by atoms with Gasteiger partial charge < -0.3 is 36.9 Å². The number of amides is 3. The third kappa shape index (κ3) is 12.3. The average molecular weight is 744 g/mol. The number of aromatic amines is 1. The summed E-state index contributed by atoms with van der Waals surface area (Å²) in [6.07, 6.45) is 4.94. The van der Waals surface area contributed by atoms with Gasteiger partial charge in [-0.1, -0.05) is 103 Å². The number of hydrogen-bond acceptors (Lipinski definition) is 6. The van der Waals surface area contributed by atoms with Crippen molar-refractivity contribution in [2.24, 2.45) is 5.73 Å². The van der Waals surface area contributed by atoms with Crippen molar-refractivity contribution < 1.29 is 14.4 Å². The third-order valence-electron chi connectivity index (χ3n) is 9.71. The summed E-state index contributed by atoms with van der Waals surface area (Å²) in [5.41, 5.74) is 9.54.